The first-order valence-corrected chi connectivity index (χ1v) is 9.84. The molecule has 2 heterocycles. The van der Waals surface area contributed by atoms with Crippen LogP contribution in [0.15, 0.2) is 18.2 Å². The first kappa shape index (κ1) is 34.4. The predicted molar refractivity (Wildman–Crippen MR) is 115 cm³/mol. The Morgan fingerprint density at radius 1 is 1.07 bits per heavy atom. The van der Waals surface area contributed by atoms with Crippen LogP contribution in [0.4, 0.5) is 5.82 Å². The molecule has 0 unspecified atom stereocenters. The van der Waals surface area contributed by atoms with Crippen molar-refractivity contribution in [2.24, 2.45) is 0 Å². The molecule has 6 nitrogen and oxygen atoms in total. The molecule has 159 valence electrons. The quantitative estimate of drug-likeness (QED) is 0.699. The van der Waals surface area contributed by atoms with Crippen molar-refractivity contribution in [1.29, 1.82) is 0 Å². The Morgan fingerprint density at radius 3 is 1.96 bits per heavy atom. The average molecular weight is 481 g/mol. The van der Waals surface area contributed by atoms with Crippen LogP contribution in [-0.4, -0.2) is 56.9 Å². The van der Waals surface area contributed by atoms with Gasteiger partial charge in [0.1, 0.15) is 5.82 Å². The molecule has 27 heavy (non-hydrogen) atoms. The van der Waals surface area contributed by atoms with Crippen LogP contribution in [0.3, 0.4) is 0 Å². The van der Waals surface area contributed by atoms with Gasteiger partial charge >= 0.3 is 0 Å². The molecule has 1 N–H and O–H groups in total. The molecule has 0 saturated carbocycles. The van der Waals surface area contributed by atoms with Gasteiger partial charge < -0.3 is 4.74 Å². The molecular weight excluding hydrogens is 439 g/mol. The molecule has 1 aliphatic rings. The number of rotatable bonds is 4. The van der Waals surface area contributed by atoms with Crippen LogP contribution in [0, 0.1) is 0 Å². The number of hydrogen-bond acceptors (Lipinski definition) is 5. The van der Waals surface area contributed by atoms with Crippen LogP contribution >= 0.6 is 0 Å². The monoisotopic (exact) mass is 480 g/mol. The number of aromatic nitrogens is 1. The van der Waals surface area contributed by atoms with Crippen molar-refractivity contribution in [2.45, 2.75) is 61.9 Å². The van der Waals surface area contributed by atoms with Crippen LogP contribution in [0.5, 0.6) is 0 Å². The van der Waals surface area contributed by atoms with E-state index in [1.165, 1.54) is 0 Å². The molecule has 1 aliphatic heterocycles. The standard InChI is InChI=1S/C9H14N2O2S.C7H15NO.3CH4.Y/c1-7(2)8-5-4-6-9(10-8)11-14(3,12)13;1-7(2)8-3-5-9-6-4-8;;;;/h4-7H,1-3H3,(H,10,11);7H,3-6H2,1-2H3;3*1H4;. The van der Waals surface area contributed by atoms with Crippen LogP contribution < -0.4 is 4.72 Å². The Kier molecular flexibility index (Phi) is 21.5. The zero-order valence-electron chi connectivity index (χ0n) is 15.3. The van der Waals surface area contributed by atoms with Gasteiger partial charge in [0.05, 0.1) is 19.5 Å². The number of sulfonamides is 1. The molecule has 8 heteroatoms. The van der Waals surface area contributed by atoms with Crippen molar-refractivity contribution in [3.63, 3.8) is 0 Å². The Bertz CT molecular complexity index is 575. The Balaban J connectivity index is -0.000000181. The van der Waals surface area contributed by atoms with E-state index in [0.29, 0.717) is 11.9 Å². The van der Waals surface area contributed by atoms with Gasteiger partial charge in [0.25, 0.3) is 0 Å². The van der Waals surface area contributed by atoms with Gasteiger partial charge in [-0.05, 0) is 31.9 Å². The Hall–Kier alpha value is -0.0761. The van der Waals surface area contributed by atoms with Crippen molar-refractivity contribution in [2.75, 3.05) is 37.3 Å². The maximum Gasteiger partial charge on any atom is 0.230 e. The minimum absolute atomic E-state index is 0. The zero-order chi connectivity index (χ0) is 17.5. The van der Waals surface area contributed by atoms with E-state index in [1.807, 2.05) is 19.9 Å². The number of nitrogens with zero attached hydrogens (tertiary/aromatic N) is 2. The minimum atomic E-state index is -3.23. The first-order chi connectivity index (χ1) is 10.7. The van der Waals surface area contributed by atoms with E-state index in [9.17, 15) is 8.42 Å². The fourth-order valence-corrected chi connectivity index (χ4v) is 2.61. The van der Waals surface area contributed by atoms with Gasteiger partial charge in [-0.1, -0.05) is 42.2 Å². The molecule has 1 fully saturated rings. The van der Waals surface area contributed by atoms with Gasteiger partial charge in [0.2, 0.25) is 10.0 Å². The number of hydrogen-bond donors (Lipinski definition) is 1. The topological polar surface area (TPSA) is 71.5 Å². The van der Waals surface area contributed by atoms with Crippen LogP contribution in [0.25, 0.3) is 0 Å². The Morgan fingerprint density at radius 2 is 1.59 bits per heavy atom. The third-order valence-electron chi connectivity index (χ3n) is 3.43. The van der Waals surface area contributed by atoms with Crippen LogP contribution in [0.1, 0.15) is 61.6 Å². The number of morpholine rings is 1. The predicted octanol–water partition coefficient (Wildman–Crippen LogP) is 4.21. The van der Waals surface area contributed by atoms with Gasteiger partial charge in [-0.3, -0.25) is 9.62 Å². The van der Waals surface area contributed by atoms with E-state index in [4.69, 9.17) is 4.74 Å². The fraction of sp³-hybridized carbons (Fsp3) is 0.737. The van der Waals surface area contributed by atoms with E-state index < -0.39 is 10.0 Å². The number of anilines is 1. The summed E-state index contributed by atoms with van der Waals surface area (Å²) in [4.78, 5) is 6.60. The summed E-state index contributed by atoms with van der Waals surface area (Å²) in [5, 5.41) is 0. The number of nitrogens with one attached hydrogen (secondary N) is 1. The second-order valence-electron chi connectivity index (χ2n) is 6.22. The fourth-order valence-electron chi connectivity index (χ4n) is 2.11. The minimum Gasteiger partial charge on any atom is -0.379 e. The van der Waals surface area contributed by atoms with Crippen molar-refractivity contribution < 1.29 is 45.9 Å². The largest absolute Gasteiger partial charge is 0.379 e. The molecule has 1 saturated heterocycles. The van der Waals surface area contributed by atoms with Crippen molar-refractivity contribution in [1.82, 2.24) is 9.88 Å². The summed E-state index contributed by atoms with van der Waals surface area (Å²) in [7, 11) is -3.23. The summed E-state index contributed by atoms with van der Waals surface area (Å²) in [6.07, 6.45) is 1.11. The Labute approximate surface area is 193 Å². The zero-order valence-corrected chi connectivity index (χ0v) is 19.0. The molecule has 0 bridgehead atoms. The summed E-state index contributed by atoms with van der Waals surface area (Å²) >= 11 is 0. The molecule has 0 spiro atoms. The third-order valence-corrected chi connectivity index (χ3v) is 4.01. The van der Waals surface area contributed by atoms with E-state index in [1.54, 1.807) is 12.1 Å². The summed E-state index contributed by atoms with van der Waals surface area (Å²) in [6, 6.07) is 5.98. The van der Waals surface area contributed by atoms with Gasteiger partial charge in [-0.2, -0.15) is 0 Å². The van der Waals surface area contributed by atoms with Crippen LogP contribution in [-0.2, 0) is 47.5 Å². The maximum absolute atomic E-state index is 10.9. The molecule has 0 atom stereocenters. The number of pyridine rings is 1. The normalized spacial score (nSPS) is 13.7. The van der Waals surface area contributed by atoms with E-state index in [-0.39, 0.29) is 60.9 Å². The van der Waals surface area contributed by atoms with Crippen molar-refractivity contribution in [3.8, 4) is 0 Å². The van der Waals surface area contributed by atoms with Gasteiger partial charge in [0, 0.05) is 57.5 Å². The first-order valence-electron chi connectivity index (χ1n) is 7.95. The molecule has 0 aliphatic carbocycles. The second kappa shape index (κ2) is 16.8. The number of ether oxygens (including phenoxy) is 1. The average Bonchev–Trinajstić information content (AvgIpc) is 2.47. The van der Waals surface area contributed by atoms with Crippen molar-refractivity contribution in [3.05, 3.63) is 23.9 Å². The second-order valence-corrected chi connectivity index (χ2v) is 7.97. The van der Waals surface area contributed by atoms with E-state index in [2.05, 4.69) is 28.5 Å². The van der Waals surface area contributed by atoms with E-state index in [0.717, 1.165) is 38.3 Å². The molecule has 2 rings (SSSR count). The molecule has 1 aromatic heterocycles. The van der Waals surface area contributed by atoms with Crippen LogP contribution in [0.2, 0.25) is 0 Å². The summed E-state index contributed by atoms with van der Waals surface area (Å²) in [5.41, 5.74) is 0.874. The van der Waals surface area contributed by atoms with Gasteiger partial charge in [-0.15, -0.1) is 0 Å². The summed E-state index contributed by atoms with van der Waals surface area (Å²) < 4.78 is 29.4. The summed E-state index contributed by atoms with van der Waals surface area (Å²) in [5.74, 6) is 0.662. The molecule has 0 aromatic carbocycles. The maximum atomic E-state index is 10.9. The van der Waals surface area contributed by atoms with E-state index >= 15 is 0 Å². The van der Waals surface area contributed by atoms with Crippen molar-refractivity contribution >= 4 is 15.8 Å². The molecule has 1 radical (unpaired) electrons. The third kappa shape index (κ3) is 15.5. The molecular formula is C19H41N3O3SY. The molecule has 0 amide bonds. The summed E-state index contributed by atoms with van der Waals surface area (Å²) in [6.45, 7) is 12.5. The van der Waals surface area contributed by atoms with Gasteiger partial charge in [0.15, 0.2) is 0 Å². The molecule has 1 aromatic rings. The SMILES string of the molecule is C.C.C.CC(C)N1CCOCC1.CC(C)c1cccc(NS(C)(=O)=O)n1.[Y]. The van der Waals surface area contributed by atoms with Gasteiger partial charge in [-0.25, -0.2) is 13.4 Å². The smallest absolute Gasteiger partial charge is 0.230 e.